The van der Waals surface area contributed by atoms with Gasteiger partial charge < -0.3 is 5.11 Å². The molecule has 0 fully saturated rings. The van der Waals surface area contributed by atoms with E-state index >= 15 is 0 Å². The second-order valence-corrected chi connectivity index (χ2v) is 5.06. The van der Waals surface area contributed by atoms with Gasteiger partial charge in [-0.1, -0.05) is 24.3 Å². The van der Waals surface area contributed by atoms with Crippen molar-refractivity contribution in [1.82, 2.24) is 0 Å². The van der Waals surface area contributed by atoms with Crippen molar-refractivity contribution in [3.05, 3.63) is 53.4 Å². The maximum absolute atomic E-state index is 9.46. The fourth-order valence-electron chi connectivity index (χ4n) is 2.16. The minimum atomic E-state index is 0.324. The van der Waals surface area contributed by atoms with Crippen LogP contribution in [-0.2, 0) is 0 Å². The molecule has 1 aromatic heterocycles. The standard InChI is InChI=1S/C15H12OS/c1-10-9-12(16)5-6-13(10)14-4-2-3-11-7-8-17-15(11)14/h2-9,16H,1H3. The average Bonchev–Trinajstić information content (AvgIpc) is 2.77. The lowest BCUT2D eigenvalue weighted by atomic mass is 9.99. The highest BCUT2D eigenvalue weighted by Gasteiger charge is 2.07. The van der Waals surface area contributed by atoms with E-state index in [1.54, 1.807) is 17.4 Å². The normalized spacial score (nSPS) is 10.9. The van der Waals surface area contributed by atoms with Crippen LogP contribution in [0.2, 0.25) is 0 Å². The highest BCUT2D eigenvalue weighted by atomic mass is 32.1. The minimum absolute atomic E-state index is 0.324. The molecule has 0 atom stereocenters. The van der Waals surface area contributed by atoms with Crippen molar-refractivity contribution in [2.75, 3.05) is 0 Å². The van der Waals surface area contributed by atoms with E-state index in [2.05, 4.69) is 29.6 Å². The molecule has 0 bridgehead atoms. The van der Waals surface area contributed by atoms with Gasteiger partial charge in [0.1, 0.15) is 5.75 Å². The highest BCUT2D eigenvalue weighted by Crippen LogP contribution is 2.35. The Labute approximate surface area is 104 Å². The topological polar surface area (TPSA) is 20.2 Å². The SMILES string of the molecule is Cc1cc(O)ccc1-c1cccc2ccsc12. The fourth-order valence-corrected chi connectivity index (χ4v) is 3.08. The molecule has 1 heterocycles. The van der Waals surface area contributed by atoms with Gasteiger partial charge in [0.2, 0.25) is 0 Å². The van der Waals surface area contributed by atoms with E-state index in [9.17, 15) is 5.11 Å². The molecule has 0 saturated heterocycles. The summed E-state index contributed by atoms with van der Waals surface area (Å²) in [7, 11) is 0. The van der Waals surface area contributed by atoms with Crippen molar-refractivity contribution in [3.63, 3.8) is 0 Å². The summed E-state index contributed by atoms with van der Waals surface area (Å²) in [5.41, 5.74) is 3.54. The predicted molar refractivity (Wildman–Crippen MR) is 73.7 cm³/mol. The molecule has 3 rings (SSSR count). The Kier molecular flexibility index (Phi) is 2.37. The molecule has 1 N–H and O–H groups in total. The van der Waals surface area contributed by atoms with Crippen LogP contribution in [0.15, 0.2) is 47.8 Å². The molecule has 0 unspecified atom stereocenters. The van der Waals surface area contributed by atoms with Gasteiger partial charge in [0, 0.05) is 4.70 Å². The van der Waals surface area contributed by atoms with E-state index < -0.39 is 0 Å². The molecule has 84 valence electrons. The lowest BCUT2D eigenvalue weighted by Crippen LogP contribution is -1.83. The molecule has 0 saturated carbocycles. The molecule has 0 aliphatic rings. The molecule has 3 aromatic rings. The van der Waals surface area contributed by atoms with Crippen LogP contribution in [0.3, 0.4) is 0 Å². The Balaban J connectivity index is 2.30. The summed E-state index contributed by atoms with van der Waals surface area (Å²) >= 11 is 1.76. The zero-order chi connectivity index (χ0) is 11.8. The molecule has 1 nitrogen and oxygen atoms in total. The average molecular weight is 240 g/mol. The number of benzene rings is 2. The van der Waals surface area contributed by atoms with Gasteiger partial charge in [-0.15, -0.1) is 11.3 Å². The largest absolute Gasteiger partial charge is 0.508 e. The predicted octanol–water partition coefficient (Wildman–Crippen LogP) is 4.58. The number of aromatic hydroxyl groups is 1. The smallest absolute Gasteiger partial charge is 0.115 e. The van der Waals surface area contributed by atoms with E-state index in [1.807, 2.05) is 19.1 Å². The first-order chi connectivity index (χ1) is 8.25. The molecule has 0 spiro atoms. The van der Waals surface area contributed by atoms with Crippen molar-refractivity contribution in [2.24, 2.45) is 0 Å². The molecule has 0 radical (unpaired) electrons. The van der Waals surface area contributed by atoms with Crippen LogP contribution >= 0.6 is 11.3 Å². The molecule has 17 heavy (non-hydrogen) atoms. The second-order valence-electron chi connectivity index (χ2n) is 4.14. The first kappa shape index (κ1) is 10.4. The minimum Gasteiger partial charge on any atom is -0.508 e. The van der Waals surface area contributed by atoms with Crippen molar-refractivity contribution in [3.8, 4) is 16.9 Å². The van der Waals surface area contributed by atoms with Crippen LogP contribution in [-0.4, -0.2) is 5.11 Å². The summed E-state index contributed by atoms with van der Waals surface area (Å²) in [6.07, 6.45) is 0. The summed E-state index contributed by atoms with van der Waals surface area (Å²) in [5.74, 6) is 0.324. The van der Waals surface area contributed by atoms with E-state index in [-0.39, 0.29) is 0 Å². The van der Waals surface area contributed by atoms with Gasteiger partial charge >= 0.3 is 0 Å². The molecule has 2 heteroatoms. The maximum atomic E-state index is 9.46. The van der Waals surface area contributed by atoms with Crippen LogP contribution in [0.25, 0.3) is 21.2 Å². The van der Waals surface area contributed by atoms with Crippen molar-refractivity contribution >= 4 is 21.4 Å². The molecule has 0 aliphatic carbocycles. The number of fused-ring (bicyclic) bond motifs is 1. The lowest BCUT2D eigenvalue weighted by molar-refractivity contribution is 0.475. The van der Waals surface area contributed by atoms with Crippen molar-refractivity contribution < 1.29 is 5.11 Å². The van der Waals surface area contributed by atoms with Crippen LogP contribution in [0, 0.1) is 6.92 Å². The summed E-state index contributed by atoms with van der Waals surface area (Å²) in [5, 5.41) is 12.9. The van der Waals surface area contributed by atoms with Crippen molar-refractivity contribution in [1.29, 1.82) is 0 Å². The quantitative estimate of drug-likeness (QED) is 0.660. The highest BCUT2D eigenvalue weighted by molar-refractivity contribution is 7.17. The van der Waals surface area contributed by atoms with Gasteiger partial charge in [-0.3, -0.25) is 0 Å². The van der Waals surface area contributed by atoms with E-state index in [0.717, 1.165) is 5.56 Å². The van der Waals surface area contributed by atoms with Crippen LogP contribution in [0.1, 0.15) is 5.56 Å². The first-order valence-electron chi connectivity index (χ1n) is 5.52. The maximum Gasteiger partial charge on any atom is 0.115 e. The van der Waals surface area contributed by atoms with Gasteiger partial charge in [-0.2, -0.15) is 0 Å². The lowest BCUT2D eigenvalue weighted by Gasteiger charge is -2.07. The molecular formula is C15H12OS. The number of hydrogen-bond acceptors (Lipinski definition) is 2. The van der Waals surface area contributed by atoms with Crippen molar-refractivity contribution in [2.45, 2.75) is 6.92 Å². The first-order valence-corrected chi connectivity index (χ1v) is 6.40. The number of thiophene rings is 1. The summed E-state index contributed by atoms with van der Waals surface area (Å²) < 4.78 is 1.31. The summed E-state index contributed by atoms with van der Waals surface area (Å²) in [6.45, 7) is 2.03. The van der Waals surface area contributed by atoms with Gasteiger partial charge in [0.15, 0.2) is 0 Å². The molecular weight excluding hydrogens is 228 g/mol. The van der Waals surface area contributed by atoms with Gasteiger partial charge in [-0.25, -0.2) is 0 Å². The third kappa shape index (κ3) is 1.71. The Bertz CT molecular complexity index is 682. The van der Waals surface area contributed by atoms with E-state index in [1.165, 1.54) is 21.2 Å². The number of aryl methyl sites for hydroxylation is 1. The molecule has 0 aliphatic heterocycles. The number of rotatable bonds is 1. The monoisotopic (exact) mass is 240 g/mol. The zero-order valence-electron chi connectivity index (χ0n) is 9.47. The Hall–Kier alpha value is -1.80. The Morgan fingerprint density at radius 2 is 1.88 bits per heavy atom. The second kappa shape index (κ2) is 3.90. The summed E-state index contributed by atoms with van der Waals surface area (Å²) in [4.78, 5) is 0. The number of phenolic OH excluding ortho intramolecular Hbond substituents is 1. The van der Waals surface area contributed by atoms with E-state index in [4.69, 9.17) is 0 Å². The zero-order valence-corrected chi connectivity index (χ0v) is 10.3. The Morgan fingerprint density at radius 3 is 2.71 bits per heavy atom. The van der Waals surface area contributed by atoms with Gasteiger partial charge in [0.05, 0.1) is 0 Å². The van der Waals surface area contributed by atoms with Crippen LogP contribution < -0.4 is 0 Å². The number of phenols is 1. The molecule has 2 aromatic carbocycles. The third-order valence-corrected chi connectivity index (χ3v) is 3.94. The van der Waals surface area contributed by atoms with Crippen LogP contribution in [0.5, 0.6) is 5.75 Å². The van der Waals surface area contributed by atoms with Gasteiger partial charge in [0.25, 0.3) is 0 Å². The third-order valence-electron chi connectivity index (χ3n) is 2.98. The number of hydrogen-bond donors (Lipinski definition) is 1. The fraction of sp³-hybridized carbons (Fsp3) is 0.0667. The summed E-state index contributed by atoms with van der Waals surface area (Å²) in [6, 6.07) is 14.0. The molecule has 0 amide bonds. The van der Waals surface area contributed by atoms with E-state index in [0.29, 0.717) is 5.75 Å². The van der Waals surface area contributed by atoms with Crippen LogP contribution in [0.4, 0.5) is 0 Å². The Morgan fingerprint density at radius 1 is 1.00 bits per heavy atom. The van der Waals surface area contributed by atoms with Gasteiger partial charge in [-0.05, 0) is 52.6 Å².